The maximum absolute atomic E-state index is 12.4. The van der Waals surface area contributed by atoms with Gasteiger partial charge in [-0.05, 0) is 54.7 Å². The summed E-state index contributed by atoms with van der Waals surface area (Å²) in [5.74, 6) is -0.175. The third-order valence-corrected chi connectivity index (χ3v) is 6.16. The number of para-hydroxylation sites is 1. The predicted octanol–water partition coefficient (Wildman–Crippen LogP) is 3.55. The monoisotopic (exact) mass is 392 g/mol. The fraction of sp³-hybridized carbons (Fsp3) is 0.273. The lowest BCUT2D eigenvalue weighted by Gasteiger charge is -2.34. The fourth-order valence-electron chi connectivity index (χ4n) is 3.30. The van der Waals surface area contributed by atoms with Crippen molar-refractivity contribution < 1.29 is 4.79 Å². The fourth-order valence-corrected chi connectivity index (χ4v) is 4.20. The molecule has 0 atom stereocenters. The molecule has 1 amide bonds. The smallest absolute Gasteiger partial charge is 0.286 e. The molecule has 6 heteroatoms. The Hall–Kier alpha value is -2.57. The van der Waals surface area contributed by atoms with E-state index >= 15 is 0 Å². The zero-order valence-corrected chi connectivity index (χ0v) is 17.0. The average molecular weight is 393 g/mol. The van der Waals surface area contributed by atoms with E-state index in [1.165, 1.54) is 17.4 Å². The van der Waals surface area contributed by atoms with Crippen LogP contribution in [0.4, 0.5) is 11.4 Å². The molecule has 28 heavy (non-hydrogen) atoms. The molecule has 0 unspecified atom stereocenters. The van der Waals surface area contributed by atoms with E-state index in [4.69, 9.17) is 0 Å². The Bertz CT molecular complexity index is 900. The summed E-state index contributed by atoms with van der Waals surface area (Å²) in [6.07, 6.45) is 1.93. The van der Waals surface area contributed by atoms with Gasteiger partial charge in [0.05, 0.1) is 4.91 Å². The van der Waals surface area contributed by atoms with Gasteiger partial charge in [0.1, 0.15) is 0 Å². The second-order valence-electron chi connectivity index (χ2n) is 7.09. The van der Waals surface area contributed by atoms with Gasteiger partial charge in [-0.2, -0.15) is 4.99 Å². The molecule has 0 aromatic heterocycles. The summed E-state index contributed by atoms with van der Waals surface area (Å²) in [5.41, 5.74) is 3.27. The maximum Gasteiger partial charge on any atom is 0.286 e. The van der Waals surface area contributed by atoms with Crippen molar-refractivity contribution in [1.29, 1.82) is 0 Å². The third-order valence-electron chi connectivity index (χ3n) is 5.10. The topological polar surface area (TPSA) is 39.1 Å². The van der Waals surface area contributed by atoms with Crippen LogP contribution in [-0.2, 0) is 4.79 Å². The summed E-state index contributed by atoms with van der Waals surface area (Å²) in [5, 5.41) is 0.705. The Morgan fingerprint density at radius 1 is 1.00 bits per heavy atom. The highest BCUT2D eigenvalue weighted by atomic mass is 32.2. The van der Waals surface area contributed by atoms with Crippen molar-refractivity contribution in [3.8, 4) is 0 Å². The molecule has 5 nitrogen and oxygen atoms in total. The maximum atomic E-state index is 12.4. The molecule has 0 bridgehead atoms. The van der Waals surface area contributed by atoms with E-state index in [2.05, 4.69) is 46.1 Å². The van der Waals surface area contributed by atoms with Gasteiger partial charge in [0.25, 0.3) is 5.91 Å². The molecule has 0 N–H and O–H groups in total. The van der Waals surface area contributed by atoms with Crippen molar-refractivity contribution in [1.82, 2.24) is 4.90 Å². The molecular weight excluding hydrogens is 368 g/mol. The SMILES string of the molecule is CN1CCN(c2ccc(/C=C3/SC(N(C)c4ccccc4)=NC3=O)cc2)CC1. The number of anilines is 2. The Balaban J connectivity index is 1.44. The minimum absolute atomic E-state index is 0.175. The van der Waals surface area contributed by atoms with E-state index in [-0.39, 0.29) is 5.91 Å². The highest BCUT2D eigenvalue weighted by molar-refractivity contribution is 8.18. The molecule has 4 rings (SSSR count). The van der Waals surface area contributed by atoms with Crippen molar-refractivity contribution in [3.63, 3.8) is 0 Å². The summed E-state index contributed by atoms with van der Waals surface area (Å²) in [6.45, 7) is 4.28. The van der Waals surface area contributed by atoms with E-state index < -0.39 is 0 Å². The summed E-state index contributed by atoms with van der Waals surface area (Å²) >= 11 is 1.42. The standard InChI is InChI=1S/C22H24N4OS/c1-24-12-14-26(15-13-24)19-10-8-17(9-11-19)16-20-21(27)23-22(28-20)25(2)18-6-4-3-5-7-18/h3-11,16H,12-15H2,1-2H3/b20-16+. The van der Waals surface area contributed by atoms with Gasteiger partial charge < -0.3 is 14.7 Å². The predicted molar refractivity (Wildman–Crippen MR) is 119 cm³/mol. The Kier molecular flexibility index (Phi) is 5.50. The van der Waals surface area contributed by atoms with Gasteiger partial charge in [-0.25, -0.2) is 0 Å². The van der Waals surface area contributed by atoms with E-state index in [1.54, 1.807) is 0 Å². The number of amides is 1. The van der Waals surface area contributed by atoms with Crippen LogP contribution in [0.25, 0.3) is 6.08 Å². The molecule has 2 aromatic carbocycles. The van der Waals surface area contributed by atoms with Crippen LogP contribution in [0.15, 0.2) is 64.5 Å². The van der Waals surface area contributed by atoms with Crippen molar-refractivity contribution in [3.05, 3.63) is 65.1 Å². The van der Waals surface area contributed by atoms with Crippen LogP contribution in [0.2, 0.25) is 0 Å². The lowest BCUT2D eigenvalue weighted by molar-refractivity contribution is -0.113. The number of hydrogen-bond donors (Lipinski definition) is 0. The Morgan fingerprint density at radius 2 is 1.68 bits per heavy atom. The van der Waals surface area contributed by atoms with Gasteiger partial charge in [0.2, 0.25) is 0 Å². The lowest BCUT2D eigenvalue weighted by atomic mass is 10.1. The number of carbonyl (C=O) groups excluding carboxylic acids is 1. The number of thioether (sulfide) groups is 1. The van der Waals surface area contributed by atoms with Crippen molar-refractivity contribution >= 4 is 40.3 Å². The number of likely N-dealkylation sites (N-methyl/N-ethyl adjacent to an activating group) is 1. The van der Waals surface area contributed by atoms with Crippen LogP contribution in [-0.4, -0.2) is 56.2 Å². The minimum atomic E-state index is -0.175. The summed E-state index contributed by atoms with van der Waals surface area (Å²) in [4.78, 5) is 23.9. The summed E-state index contributed by atoms with van der Waals surface area (Å²) in [7, 11) is 4.09. The second-order valence-corrected chi connectivity index (χ2v) is 8.10. The largest absolute Gasteiger partial charge is 0.369 e. The molecule has 2 heterocycles. The number of aliphatic imine (C=N–C) groups is 1. The molecule has 0 saturated carbocycles. The van der Waals surface area contributed by atoms with E-state index in [9.17, 15) is 4.79 Å². The second kappa shape index (κ2) is 8.20. The number of rotatable bonds is 3. The minimum Gasteiger partial charge on any atom is -0.369 e. The molecule has 0 aliphatic carbocycles. The van der Waals surface area contributed by atoms with Crippen LogP contribution >= 0.6 is 11.8 Å². The molecule has 0 radical (unpaired) electrons. The Labute approximate surface area is 170 Å². The number of hydrogen-bond acceptors (Lipinski definition) is 5. The number of benzene rings is 2. The highest BCUT2D eigenvalue weighted by Gasteiger charge is 2.25. The highest BCUT2D eigenvalue weighted by Crippen LogP contribution is 2.32. The summed E-state index contributed by atoms with van der Waals surface area (Å²) < 4.78 is 0. The number of nitrogens with zero attached hydrogens (tertiary/aromatic N) is 4. The zero-order valence-electron chi connectivity index (χ0n) is 16.2. The van der Waals surface area contributed by atoms with E-state index in [1.807, 2.05) is 48.4 Å². The van der Waals surface area contributed by atoms with Gasteiger partial charge in [0, 0.05) is 44.6 Å². The zero-order chi connectivity index (χ0) is 19.5. The van der Waals surface area contributed by atoms with Gasteiger partial charge in [-0.15, -0.1) is 0 Å². The molecule has 2 aliphatic rings. The molecule has 1 saturated heterocycles. The normalized spacial score (nSPS) is 19.2. The van der Waals surface area contributed by atoms with Crippen molar-refractivity contribution in [2.45, 2.75) is 0 Å². The van der Waals surface area contributed by atoms with Crippen LogP contribution < -0.4 is 9.80 Å². The quantitative estimate of drug-likeness (QED) is 0.747. The molecule has 1 fully saturated rings. The molecule has 2 aromatic rings. The number of piperazine rings is 1. The first-order valence-electron chi connectivity index (χ1n) is 9.45. The van der Waals surface area contributed by atoms with Gasteiger partial charge in [0.15, 0.2) is 5.17 Å². The van der Waals surface area contributed by atoms with E-state index in [0.29, 0.717) is 10.1 Å². The molecule has 144 valence electrons. The van der Waals surface area contributed by atoms with Gasteiger partial charge >= 0.3 is 0 Å². The first-order valence-corrected chi connectivity index (χ1v) is 10.3. The van der Waals surface area contributed by atoms with Crippen molar-refractivity contribution in [2.24, 2.45) is 4.99 Å². The molecule has 2 aliphatic heterocycles. The van der Waals surface area contributed by atoms with Crippen LogP contribution in [0.5, 0.6) is 0 Å². The van der Waals surface area contributed by atoms with Crippen molar-refractivity contribution in [2.75, 3.05) is 50.1 Å². The lowest BCUT2D eigenvalue weighted by Crippen LogP contribution is -2.44. The van der Waals surface area contributed by atoms with E-state index in [0.717, 1.165) is 37.4 Å². The molecular formula is C22H24N4OS. The van der Waals surface area contributed by atoms with Crippen LogP contribution in [0.1, 0.15) is 5.56 Å². The van der Waals surface area contributed by atoms with Crippen LogP contribution in [0, 0.1) is 0 Å². The average Bonchev–Trinajstić information content (AvgIpc) is 3.09. The first kappa shape index (κ1) is 18.8. The Morgan fingerprint density at radius 3 is 2.36 bits per heavy atom. The molecule has 0 spiro atoms. The first-order chi connectivity index (χ1) is 13.6. The number of amidine groups is 1. The number of carbonyl (C=O) groups is 1. The summed E-state index contributed by atoms with van der Waals surface area (Å²) in [6, 6.07) is 18.4. The van der Waals surface area contributed by atoms with Gasteiger partial charge in [-0.1, -0.05) is 30.3 Å². The van der Waals surface area contributed by atoms with Crippen LogP contribution in [0.3, 0.4) is 0 Å². The third kappa shape index (κ3) is 4.13. The van der Waals surface area contributed by atoms with Gasteiger partial charge in [-0.3, -0.25) is 4.79 Å².